The smallest absolute Gasteiger partial charge is 0.166 e. The third-order valence-corrected chi connectivity index (χ3v) is 4.30. The second kappa shape index (κ2) is 7.35. The van der Waals surface area contributed by atoms with E-state index in [4.69, 9.17) is 0 Å². The van der Waals surface area contributed by atoms with E-state index >= 15 is 0 Å². The first-order chi connectivity index (χ1) is 12.5. The van der Waals surface area contributed by atoms with E-state index in [0.29, 0.717) is 28.6 Å². The first-order valence-corrected chi connectivity index (χ1v) is 8.51. The van der Waals surface area contributed by atoms with Gasteiger partial charge in [-0.3, -0.25) is 9.78 Å². The fourth-order valence-corrected chi connectivity index (χ4v) is 2.94. The van der Waals surface area contributed by atoms with Crippen LogP contribution in [0.5, 0.6) is 0 Å². The quantitative estimate of drug-likeness (QED) is 0.689. The number of hydrogen-bond acceptors (Lipinski definition) is 5. The van der Waals surface area contributed by atoms with E-state index in [-0.39, 0.29) is 11.3 Å². The Morgan fingerprint density at radius 2 is 1.85 bits per heavy atom. The van der Waals surface area contributed by atoms with Gasteiger partial charge in [0.05, 0.1) is 22.7 Å². The first kappa shape index (κ1) is 17.6. The summed E-state index contributed by atoms with van der Waals surface area (Å²) in [5.74, 6) is -1.32. The van der Waals surface area contributed by atoms with Crippen molar-refractivity contribution < 1.29 is 14.7 Å². The number of anilines is 2. The predicted octanol–water partition coefficient (Wildman–Crippen LogP) is 3.63. The SMILES string of the molecule is CCCC(=O)c1cnc2c(C(=O)[O-])cccc2c1Nc1ccccc1C. The lowest BCUT2D eigenvalue weighted by Crippen LogP contribution is -2.22. The number of aryl methyl sites for hydroxylation is 1. The van der Waals surface area contributed by atoms with Gasteiger partial charge in [0.15, 0.2) is 5.78 Å². The van der Waals surface area contributed by atoms with Crippen molar-refractivity contribution in [3.8, 4) is 0 Å². The molecule has 3 aromatic rings. The summed E-state index contributed by atoms with van der Waals surface area (Å²) in [4.78, 5) is 28.3. The highest BCUT2D eigenvalue weighted by atomic mass is 16.4. The Bertz CT molecular complexity index is 996. The lowest BCUT2D eigenvalue weighted by Gasteiger charge is -2.17. The number of carboxylic acid groups (broad SMARTS) is 1. The number of hydrogen-bond donors (Lipinski definition) is 1. The molecule has 132 valence electrons. The van der Waals surface area contributed by atoms with Crippen molar-refractivity contribution in [1.29, 1.82) is 0 Å². The Balaban J connectivity index is 2.25. The van der Waals surface area contributed by atoms with E-state index in [1.54, 1.807) is 12.1 Å². The van der Waals surface area contributed by atoms with Crippen LogP contribution in [0.2, 0.25) is 0 Å². The number of aromatic nitrogens is 1. The third kappa shape index (κ3) is 3.28. The zero-order valence-corrected chi connectivity index (χ0v) is 14.7. The maximum Gasteiger partial charge on any atom is 0.166 e. The van der Waals surface area contributed by atoms with Crippen LogP contribution >= 0.6 is 0 Å². The average Bonchev–Trinajstić information content (AvgIpc) is 2.63. The summed E-state index contributed by atoms with van der Waals surface area (Å²) < 4.78 is 0. The minimum Gasteiger partial charge on any atom is -0.545 e. The number of Topliss-reactive ketones (excluding diaryl/α,β-unsaturated/α-hetero) is 1. The van der Waals surface area contributed by atoms with Gasteiger partial charge in [-0.25, -0.2) is 0 Å². The molecule has 0 unspecified atom stereocenters. The molecule has 1 aromatic heterocycles. The van der Waals surface area contributed by atoms with E-state index in [9.17, 15) is 14.7 Å². The van der Waals surface area contributed by atoms with Crippen LogP contribution in [0.25, 0.3) is 10.9 Å². The van der Waals surface area contributed by atoms with E-state index < -0.39 is 5.97 Å². The highest BCUT2D eigenvalue weighted by Crippen LogP contribution is 2.32. The summed E-state index contributed by atoms with van der Waals surface area (Å²) in [5, 5.41) is 15.3. The maximum atomic E-state index is 12.6. The molecule has 1 heterocycles. The van der Waals surface area contributed by atoms with E-state index in [0.717, 1.165) is 17.7 Å². The Morgan fingerprint density at radius 1 is 1.08 bits per heavy atom. The molecule has 26 heavy (non-hydrogen) atoms. The summed E-state index contributed by atoms with van der Waals surface area (Å²) >= 11 is 0. The topological polar surface area (TPSA) is 82.1 Å². The van der Waals surface area contributed by atoms with Gasteiger partial charge in [-0.1, -0.05) is 43.3 Å². The molecular weight excluding hydrogens is 328 g/mol. The molecule has 0 radical (unpaired) electrons. The van der Waals surface area contributed by atoms with Gasteiger partial charge in [-0.2, -0.15) is 0 Å². The van der Waals surface area contributed by atoms with Gasteiger partial charge in [0.1, 0.15) is 0 Å². The van der Waals surface area contributed by atoms with Crippen LogP contribution in [-0.4, -0.2) is 16.7 Å². The Labute approximate surface area is 151 Å². The maximum absolute atomic E-state index is 12.6. The van der Waals surface area contributed by atoms with Crippen LogP contribution < -0.4 is 10.4 Å². The second-order valence-electron chi connectivity index (χ2n) is 6.15. The molecule has 2 aromatic carbocycles. The summed E-state index contributed by atoms with van der Waals surface area (Å²) in [6, 6.07) is 12.6. The monoisotopic (exact) mass is 347 g/mol. The largest absolute Gasteiger partial charge is 0.545 e. The van der Waals surface area contributed by atoms with Crippen molar-refractivity contribution in [2.24, 2.45) is 0 Å². The van der Waals surface area contributed by atoms with Crippen molar-refractivity contribution >= 4 is 34.0 Å². The van der Waals surface area contributed by atoms with Crippen LogP contribution in [0.3, 0.4) is 0 Å². The summed E-state index contributed by atoms with van der Waals surface area (Å²) in [5.41, 5.74) is 3.21. The Hall–Kier alpha value is -3.21. The molecular formula is C21H19N2O3-. The number of rotatable bonds is 6. The van der Waals surface area contributed by atoms with Crippen LogP contribution in [0, 0.1) is 6.92 Å². The number of carbonyl (C=O) groups excluding carboxylic acids is 2. The molecule has 0 saturated heterocycles. The van der Waals surface area contributed by atoms with Gasteiger partial charge in [0.2, 0.25) is 0 Å². The lowest BCUT2D eigenvalue weighted by molar-refractivity contribution is -0.254. The van der Waals surface area contributed by atoms with Gasteiger partial charge >= 0.3 is 0 Å². The molecule has 0 aliphatic rings. The zero-order chi connectivity index (χ0) is 18.7. The van der Waals surface area contributed by atoms with Crippen molar-refractivity contribution in [3.63, 3.8) is 0 Å². The summed E-state index contributed by atoms with van der Waals surface area (Å²) in [7, 11) is 0. The Morgan fingerprint density at radius 3 is 2.54 bits per heavy atom. The molecule has 0 aliphatic heterocycles. The van der Waals surface area contributed by atoms with Crippen LogP contribution in [0.1, 0.15) is 46.0 Å². The lowest BCUT2D eigenvalue weighted by atomic mass is 10.0. The van der Waals surface area contributed by atoms with E-state index in [1.807, 2.05) is 38.1 Å². The third-order valence-electron chi connectivity index (χ3n) is 4.30. The molecule has 0 aliphatic carbocycles. The number of fused-ring (bicyclic) bond motifs is 1. The summed E-state index contributed by atoms with van der Waals surface area (Å²) in [6.07, 6.45) is 2.57. The van der Waals surface area contributed by atoms with Gasteiger partial charge in [0, 0.05) is 29.3 Å². The van der Waals surface area contributed by atoms with E-state index in [2.05, 4.69) is 10.3 Å². The zero-order valence-electron chi connectivity index (χ0n) is 14.7. The second-order valence-corrected chi connectivity index (χ2v) is 6.15. The molecule has 3 rings (SSSR count). The van der Waals surface area contributed by atoms with E-state index in [1.165, 1.54) is 12.3 Å². The number of carbonyl (C=O) groups is 2. The van der Waals surface area contributed by atoms with Gasteiger partial charge < -0.3 is 15.2 Å². The standard InChI is InChI=1S/C21H20N2O3/c1-3-7-18(24)16-12-22-19-14(9-6-10-15(19)21(25)26)20(16)23-17-11-5-4-8-13(17)2/h4-6,8-12H,3,7H2,1-2H3,(H,22,23)(H,25,26)/p-1. The number of para-hydroxylation sites is 2. The van der Waals surface area contributed by atoms with Gasteiger partial charge in [-0.05, 0) is 25.0 Å². The minimum atomic E-state index is -1.29. The molecule has 0 saturated carbocycles. The number of carboxylic acids is 1. The number of pyridine rings is 1. The predicted molar refractivity (Wildman–Crippen MR) is 99.8 cm³/mol. The normalized spacial score (nSPS) is 10.7. The van der Waals surface area contributed by atoms with Crippen LogP contribution in [0.4, 0.5) is 11.4 Å². The number of benzene rings is 2. The molecule has 0 fully saturated rings. The number of ketones is 1. The highest BCUT2D eigenvalue weighted by Gasteiger charge is 2.17. The molecule has 5 nitrogen and oxygen atoms in total. The molecule has 0 atom stereocenters. The molecule has 0 bridgehead atoms. The minimum absolute atomic E-state index is 0.00447. The molecule has 0 amide bonds. The number of aromatic carboxylic acids is 1. The molecule has 1 N–H and O–H groups in total. The van der Waals surface area contributed by atoms with Crippen molar-refractivity contribution in [2.75, 3.05) is 5.32 Å². The number of nitrogens with one attached hydrogen (secondary N) is 1. The Kier molecular flexibility index (Phi) is 4.98. The van der Waals surface area contributed by atoms with Crippen molar-refractivity contribution in [1.82, 2.24) is 4.98 Å². The van der Waals surface area contributed by atoms with Crippen molar-refractivity contribution in [2.45, 2.75) is 26.7 Å². The average molecular weight is 347 g/mol. The number of nitrogens with zero attached hydrogens (tertiary/aromatic N) is 1. The fraction of sp³-hybridized carbons (Fsp3) is 0.190. The molecule has 0 spiro atoms. The molecule has 5 heteroatoms. The fourth-order valence-electron chi connectivity index (χ4n) is 2.94. The van der Waals surface area contributed by atoms with Gasteiger partial charge in [0.25, 0.3) is 0 Å². The highest BCUT2D eigenvalue weighted by molar-refractivity contribution is 6.12. The van der Waals surface area contributed by atoms with Crippen molar-refractivity contribution in [3.05, 3.63) is 65.4 Å². The first-order valence-electron chi connectivity index (χ1n) is 8.51. The van der Waals surface area contributed by atoms with Crippen LogP contribution in [-0.2, 0) is 0 Å². The van der Waals surface area contributed by atoms with Gasteiger partial charge in [-0.15, -0.1) is 0 Å². The summed E-state index contributed by atoms with van der Waals surface area (Å²) in [6.45, 7) is 3.90. The van der Waals surface area contributed by atoms with Crippen LogP contribution in [0.15, 0.2) is 48.7 Å².